The van der Waals surface area contributed by atoms with E-state index in [4.69, 9.17) is 4.74 Å². The standard InChI is InChI=1S/C23H21F3N4O2/c24-23(25,26)20-13-14-27-21(28-20)32-19-12-7-15-29(16-19)22(31)30(17-8-3-1-4-9-17)18-10-5-2-6-11-18/h1-6,8-11,13-14,19H,7,12,15-16H2. The molecule has 0 aliphatic carbocycles. The highest BCUT2D eigenvalue weighted by molar-refractivity contribution is 5.99. The van der Waals surface area contributed by atoms with E-state index in [1.807, 2.05) is 60.7 Å². The van der Waals surface area contributed by atoms with Gasteiger partial charge in [-0.3, -0.25) is 4.90 Å². The predicted octanol–water partition coefficient (Wildman–Crippen LogP) is 5.30. The number of piperidine rings is 1. The van der Waals surface area contributed by atoms with Crippen LogP contribution in [0.4, 0.5) is 29.3 Å². The number of para-hydroxylation sites is 2. The van der Waals surface area contributed by atoms with Crippen LogP contribution in [0.1, 0.15) is 18.5 Å². The Labute approximate surface area is 183 Å². The number of urea groups is 1. The zero-order chi connectivity index (χ0) is 22.6. The van der Waals surface area contributed by atoms with E-state index < -0.39 is 18.0 Å². The summed E-state index contributed by atoms with van der Waals surface area (Å²) in [5.74, 6) is 0. The van der Waals surface area contributed by atoms with Crippen molar-refractivity contribution in [2.24, 2.45) is 0 Å². The minimum Gasteiger partial charge on any atom is -0.458 e. The number of carbonyl (C=O) groups is 1. The summed E-state index contributed by atoms with van der Waals surface area (Å²) in [5, 5.41) is 0. The Kier molecular flexibility index (Phi) is 6.25. The monoisotopic (exact) mass is 442 g/mol. The van der Waals surface area contributed by atoms with Crippen molar-refractivity contribution in [1.29, 1.82) is 0 Å². The number of halogens is 3. The Morgan fingerprint density at radius 2 is 1.62 bits per heavy atom. The molecule has 0 N–H and O–H groups in total. The van der Waals surface area contributed by atoms with Gasteiger partial charge in [0.15, 0.2) is 5.69 Å². The van der Waals surface area contributed by atoms with Crippen LogP contribution >= 0.6 is 0 Å². The minimum absolute atomic E-state index is 0.217. The molecule has 4 rings (SSSR count). The fraction of sp³-hybridized carbons (Fsp3) is 0.261. The normalized spacial score (nSPS) is 16.5. The molecule has 1 fully saturated rings. The maximum Gasteiger partial charge on any atom is 0.433 e. The summed E-state index contributed by atoms with van der Waals surface area (Å²) in [6, 6.07) is 18.8. The molecule has 1 unspecified atom stereocenters. The molecular weight excluding hydrogens is 421 g/mol. The second-order valence-corrected chi connectivity index (χ2v) is 7.34. The molecule has 166 valence electrons. The highest BCUT2D eigenvalue weighted by Gasteiger charge is 2.34. The number of carbonyl (C=O) groups excluding carboxylic acids is 1. The number of anilines is 2. The van der Waals surface area contributed by atoms with Crippen molar-refractivity contribution in [2.75, 3.05) is 18.0 Å². The first-order valence-corrected chi connectivity index (χ1v) is 10.2. The Morgan fingerprint density at radius 1 is 1.00 bits per heavy atom. The molecule has 0 spiro atoms. The van der Waals surface area contributed by atoms with Gasteiger partial charge in [-0.25, -0.2) is 9.78 Å². The van der Waals surface area contributed by atoms with Gasteiger partial charge in [0.25, 0.3) is 0 Å². The summed E-state index contributed by atoms with van der Waals surface area (Å²) in [6.45, 7) is 0.729. The highest BCUT2D eigenvalue weighted by atomic mass is 19.4. The first-order chi connectivity index (χ1) is 15.4. The number of alkyl halides is 3. The van der Waals surface area contributed by atoms with Gasteiger partial charge in [-0.15, -0.1) is 0 Å². The van der Waals surface area contributed by atoms with E-state index in [0.717, 1.165) is 12.3 Å². The van der Waals surface area contributed by atoms with Gasteiger partial charge >= 0.3 is 18.2 Å². The molecule has 6 nitrogen and oxygen atoms in total. The van der Waals surface area contributed by atoms with Crippen molar-refractivity contribution in [2.45, 2.75) is 25.1 Å². The van der Waals surface area contributed by atoms with Crippen LogP contribution in [0.2, 0.25) is 0 Å². The largest absolute Gasteiger partial charge is 0.458 e. The summed E-state index contributed by atoms with van der Waals surface area (Å²) < 4.78 is 44.4. The molecule has 0 saturated carbocycles. The van der Waals surface area contributed by atoms with Crippen LogP contribution in [0, 0.1) is 0 Å². The van der Waals surface area contributed by atoms with Crippen molar-refractivity contribution >= 4 is 17.4 Å². The minimum atomic E-state index is -4.58. The lowest BCUT2D eigenvalue weighted by Gasteiger charge is -2.36. The van der Waals surface area contributed by atoms with E-state index in [1.54, 1.807) is 9.80 Å². The zero-order valence-electron chi connectivity index (χ0n) is 17.1. The fourth-order valence-electron chi connectivity index (χ4n) is 3.58. The summed E-state index contributed by atoms with van der Waals surface area (Å²) in [4.78, 5) is 24.0. The Hall–Kier alpha value is -3.62. The van der Waals surface area contributed by atoms with Gasteiger partial charge in [0.1, 0.15) is 6.10 Å². The SMILES string of the molecule is O=C(N1CCCC(Oc2nccc(C(F)(F)F)n2)C1)N(c1ccccc1)c1ccccc1. The fourth-order valence-corrected chi connectivity index (χ4v) is 3.58. The van der Waals surface area contributed by atoms with E-state index in [-0.39, 0.29) is 18.6 Å². The van der Waals surface area contributed by atoms with Gasteiger partial charge in [-0.05, 0) is 43.2 Å². The molecule has 0 bridgehead atoms. The lowest BCUT2D eigenvalue weighted by Crippen LogP contribution is -2.49. The molecule has 32 heavy (non-hydrogen) atoms. The van der Waals surface area contributed by atoms with Crippen molar-refractivity contribution in [3.63, 3.8) is 0 Å². The second kappa shape index (κ2) is 9.25. The van der Waals surface area contributed by atoms with Crippen LogP contribution in [0.25, 0.3) is 0 Å². The van der Waals surface area contributed by atoms with Gasteiger partial charge in [-0.2, -0.15) is 18.2 Å². The molecule has 1 aliphatic rings. The molecule has 9 heteroatoms. The van der Waals surface area contributed by atoms with Gasteiger partial charge < -0.3 is 9.64 Å². The Bertz CT molecular complexity index is 1010. The van der Waals surface area contributed by atoms with E-state index in [9.17, 15) is 18.0 Å². The van der Waals surface area contributed by atoms with Crippen LogP contribution in [0.15, 0.2) is 72.9 Å². The van der Waals surface area contributed by atoms with E-state index in [1.165, 1.54) is 0 Å². The number of ether oxygens (including phenoxy) is 1. The molecule has 1 atom stereocenters. The lowest BCUT2D eigenvalue weighted by molar-refractivity contribution is -0.141. The van der Waals surface area contributed by atoms with Crippen LogP contribution in [0.5, 0.6) is 6.01 Å². The molecule has 1 saturated heterocycles. The molecule has 1 aliphatic heterocycles. The number of hydrogen-bond donors (Lipinski definition) is 0. The van der Waals surface area contributed by atoms with E-state index >= 15 is 0 Å². The number of rotatable bonds is 4. The summed E-state index contributed by atoms with van der Waals surface area (Å²) >= 11 is 0. The summed E-state index contributed by atoms with van der Waals surface area (Å²) in [6.07, 6.45) is -2.85. The molecule has 2 aromatic carbocycles. The van der Waals surface area contributed by atoms with Crippen molar-refractivity contribution < 1.29 is 22.7 Å². The van der Waals surface area contributed by atoms with Gasteiger partial charge in [-0.1, -0.05) is 36.4 Å². The zero-order valence-corrected chi connectivity index (χ0v) is 17.1. The Balaban J connectivity index is 1.52. The first kappa shape index (κ1) is 21.6. The second-order valence-electron chi connectivity index (χ2n) is 7.34. The predicted molar refractivity (Wildman–Crippen MR) is 113 cm³/mol. The number of likely N-dealkylation sites (tertiary alicyclic amines) is 1. The van der Waals surface area contributed by atoms with Crippen molar-refractivity contribution in [3.05, 3.63) is 78.6 Å². The number of amides is 2. The number of aromatic nitrogens is 2. The Morgan fingerprint density at radius 3 is 2.22 bits per heavy atom. The molecule has 2 heterocycles. The molecule has 3 aromatic rings. The quantitative estimate of drug-likeness (QED) is 0.551. The van der Waals surface area contributed by atoms with Gasteiger partial charge in [0.05, 0.1) is 17.9 Å². The third-order valence-corrected chi connectivity index (χ3v) is 5.06. The van der Waals surface area contributed by atoms with Gasteiger partial charge in [0.2, 0.25) is 0 Å². The topological polar surface area (TPSA) is 58.6 Å². The van der Waals surface area contributed by atoms with E-state index in [2.05, 4.69) is 9.97 Å². The first-order valence-electron chi connectivity index (χ1n) is 10.2. The maximum atomic E-state index is 13.5. The number of nitrogens with zero attached hydrogens (tertiary/aromatic N) is 4. The van der Waals surface area contributed by atoms with Crippen LogP contribution in [0.3, 0.4) is 0 Å². The number of hydrogen-bond acceptors (Lipinski definition) is 4. The molecule has 2 amide bonds. The molecule has 1 aromatic heterocycles. The third kappa shape index (κ3) is 4.99. The van der Waals surface area contributed by atoms with Crippen molar-refractivity contribution in [1.82, 2.24) is 14.9 Å². The van der Waals surface area contributed by atoms with E-state index in [0.29, 0.717) is 30.8 Å². The van der Waals surface area contributed by atoms with Gasteiger partial charge in [0, 0.05) is 12.7 Å². The van der Waals surface area contributed by atoms with Crippen LogP contribution in [-0.2, 0) is 6.18 Å². The maximum absolute atomic E-state index is 13.5. The third-order valence-electron chi connectivity index (χ3n) is 5.06. The summed E-state index contributed by atoms with van der Waals surface area (Å²) in [7, 11) is 0. The van der Waals surface area contributed by atoms with Crippen molar-refractivity contribution in [3.8, 4) is 6.01 Å². The lowest BCUT2D eigenvalue weighted by atomic mass is 10.1. The highest BCUT2D eigenvalue weighted by Crippen LogP contribution is 2.30. The number of benzene rings is 2. The average molecular weight is 442 g/mol. The smallest absolute Gasteiger partial charge is 0.433 e. The van der Waals surface area contributed by atoms with Crippen LogP contribution in [-0.4, -0.2) is 40.1 Å². The average Bonchev–Trinajstić information content (AvgIpc) is 2.80. The van der Waals surface area contributed by atoms with Crippen LogP contribution < -0.4 is 9.64 Å². The molecule has 0 radical (unpaired) electrons. The summed E-state index contributed by atoms with van der Waals surface area (Å²) in [5.41, 5.74) is 0.367. The molecular formula is C23H21F3N4O2.